The molecule has 1 saturated carbocycles. The van der Waals surface area contributed by atoms with Gasteiger partial charge in [0.05, 0.1) is 6.04 Å². The van der Waals surface area contributed by atoms with Crippen LogP contribution in [0, 0.1) is 0 Å². The average molecular weight is 281 g/mol. The molecule has 0 heterocycles. The Kier molecular flexibility index (Phi) is 4.83. The number of benzene rings is 1. The molecule has 19 heavy (non-hydrogen) atoms. The molecule has 2 rings (SSSR count). The van der Waals surface area contributed by atoms with Gasteiger partial charge in [-0.25, -0.2) is 0 Å². The highest BCUT2D eigenvalue weighted by atomic mass is 35.5. The highest BCUT2D eigenvalue weighted by molar-refractivity contribution is 6.30. The smallest absolute Gasteiger partial charge is 0.224 e. The molecular formula is C15H21ClN2O. The van der Waals surface area contributed by atoms with Gasteiger partial charge in [0, 0.05) is 24.0 Å². The molecule has 104 valence electrons. The third-order valence-corrected chi connectivity index (χ3v) is 3.84. The summed E-state index contributed by atoms with van der Waals surface area (Å²) >= 11 is 5.91. The van der Waals surface area contributed by atoms with Crippen molar-refractivity contribution in [2.45, 2.75) is 38.3 Å². The van der Waals surface area contributed by atoms with E-state index in [9.17, 15) is 4.79 Å². The molecule has 0 aromatic heterocycles. The molecule has 1 aliphatic carbocycles. The van der Waals surface area contributed by atoms with Gasteiger partial charge in [-0.3, -0.25) is 4.79 Å². The maximum Gasteiger partial charge on any atom is 0.224 e. The number of rotatable bonds is 6. The van der Waals surface area contributed by atoms with E-state index in [1.165, 1.54) is 0 Å². The van der Waals surface area contributed by atoms with Crippen molar-refractivity contribution in [2.24, 2.45) is 0 Å². The van der Waals surface area contributed by atoms with E-state index in [1.54, 1.807) is 0 Å². The number of nitrogens with one attached hydrogen (secondary N) is 1. The predicted octanol–water partition coefficient (Wildman–Crippen LogP) is 3.00. The maximum atomic E-state index is 12.3. The molecule has 0 aliphatic heterocycles. The van der Waals surface area contributed by atoms with E-state index in [0.717, 1.165) is 30.0 Å². The lowest BCUT2D eigenvalue weighted by Crippen LogP contribution is -2.36. The van der Waals surface area contributed by atoms with Gasteiger partial charge in [0.1, 0.15) is 0 Å². The zero-order valence-corrected chi connectivity index (χ0v) is 12.3. The second-order valence-electron chi connectivity index (χ2n) is 5.11. The van der Waals surface area contributed by atoms with Crippen molar-refractivity contribution in [1.29, 1.82) is 0 Å². The van der Waals surface area contributed by atoms with Crippen LogP contribution >= 0.6 is 11.6 Å². The van der Waals surface area contributed by atoms with Crippen molar-refractivity contribution in [3.05, 3.63) is 34.9 Å². The first-order valence-electron chi connectivity index (χ1n) is 6.84. The number of carbonyl (C=O) groups excluding carboxylic acids is 1. The summed E-state index contributed by atoms with van der Waals surface area (Å²) in [7, 11) is 1.87. The molecule has 1 aromatic carbocycles. The Balaban J connectivity index is 2.09. The highest BCUT2D eigenvalue weighted by Crippen LogP contribution is 2.35. The average Bonchev–Trinajstić information content (AvgIpc) is 3.22. The summed E-state index contributed by atoms with van der Waals surface area (Å²) in [5, 5.41) is 3.77. The van der Waals surface area contributed by atoms with Gasteiger partial charge in [-0.1, -0.05) is 23.7 Å². The Morgan fingerprint density at radius 1 is 1.42 bits per heavy atom. The van der Waals surface area contributed by atoms with Gasteiger partial charge in [-0.2, -0.15) is 0 Å². The Morgan fingerprint density at radius 2 is 2.05 bits per heavy atom. The van der Waals surface area contributed by atoms with Crippen LogP contribution in [0.1, 0.15) is 37.8 Å². The standard InChI is InChI=1S/C15H21ClN2O/c1-11(12-3-5-13(16)6-4-12)18(14-7-8-14)15(19)9-10-17-2/h3-6,11,14,17H,7-10H2,1-2H3. The van der Waals surface area contributed by atoms with Crippen LogP contribution in [0.4, 0.5) is 0 Å². The van der Waals surface area contributed by atoms with Crippen LogP contribution < -0.4 is 5.32 Å². The lowest BCUT2D eigenvalue weighted by molar-refractivity contribution is -0.133. The van der Waals surface area contributed by atoms with E-state index in [0.29, 0.717) is 12.5 Å². The van der Waals surface area contributed by atoms with Crippen molar-refractivity contribution in [2.75, 3.05) is 13.6 Å². The van der Waals surface area contributed by atoms with Gasteiger partial charge in [0.15, 0.2) is 0 Å². The number of amides is 1. The van der Waals surface area contributed by atoms with Crippen LogP contribution in [0.15, 0.2) is 24.3 Å². The van der Waals surface area contributed by atoms with E-state index in [1.807, 2.05) is 36.2 Å². The lowest BCUT2D eigenvalue weighted by atomic mass is 10.1. The molecule has 4 heteroatoms. The molecule has 0 radical (unpaired) electrons. The van der Waals surface area contributed by atoms with E-state index in [2.05, 4.69) is 12.2 Å². The van der Waals surface area contributed by atoms with Crippen LogP contribution in [0.25, 0.3) is 0 Å². The number of carbonyl (C=O) groups is 1. The fourth-order valence-electron chi connectivity index (χ4n) is 2.35. The van der Waals surface area contributed by atoms with E-state index in [4.69, 9.17) is 11.6 Å². The maximum absolute atomic E-state index is 12.3. The number of halogens is 1. The molecule has 1 fully saturated rings. The van der Waals surface area contributed by atoms with Gasteiger partial charge in [0.25, 0.3) is 0 Å². The highest BCUT2D eigenvalue weighted by Gasteiger charge is 2.35. The number of nitrogens with zero attached hydrogens (tertiary/aromatic N) is 1. The molecule has 0 bridgehead atoms. The minimum atomic E-state index is 0.120. The van der Waals surface area contributed by atoms with Crippen LogP contribution in [-0.4, -0.2) is 30.4 Å². The molecule has 1 aliphatic rings. The third kappa shape index (κ3) is 3.71. The quantitative estimate of drug-likeness (QED) is 0.869. The van der Waals surface area contributed by atoms with Crippen molar-refractivity contribution in [3.63, 3.8) is 0 Å². The Bertz CT molecular complexity index is 428. The lowest BCUT2D eigenvalue weighted by Gasteiger charge is -2.30. The molecular weight excluding hydrogens is 260 g/mol. The van der Waals surface area contributed by atoms with Crippen molar-refractivity contribution < 1.29 is 4.79 Å². The minimum absolute atomic E-state index is 0.120. The molecule has 0 saturated heterocycles. The fourth-order valence-corrected chi connectivity index (χ4v) is 2.48. The summed E-state index contributed by atoms with van der Waals surface area (Å²) in [5.74, 6) is 0.235. The van der Waals surface area contributed by atoms with E-state index >= 15 is 0 Å². The predicted molar refractivity (Wildman–Crippen MR) is 78.3 cm³/mol. The summed E-state index contributed by atoms with van der Waals surface area (Å²) in [6.45, 7) is 2.83. The molecule has 1 aromatic rings. The Hall–Kier alpha value is -1.06. The first-order chi connectivity index (χ1) is 9.13. The van der Waals surface area contributed by atoms with Crippen LogP contribution in [0.5, 0.6) is 0 Å². The van der Waals surface area contributed by atoms with Crippen LogP contribution in [-0.2, 0) is 4.79 Å². The first-order valence-corrected chi connectivity index (χ1v) is 7.22. The molecule has 0 spiro atoms. The Labute approximate surface area is 119 Å². The van der Waals surface area contributed by atoms with Crippen molar-refractivity contribution in [1.82, 2.24) is 10.2 Å². The fraction of sp³-hybridized carbons (Fsp3) is 0.533. The summed E-state index contributed by atoms with van der Waals surface area (Å²) in [4.78, 5) is 14.4. The van der Waals surface area contributed by atoms with Gasteiger partial charge >= 0.3 is 0 Å². The normalized spacial score (nSPS) is 16.2. The minimum Gasteiger partial charge on any atom is -0.333 e. The van der Waals surface area contributed by atoms with Crippen LogP contribution in [0.2, 0.25) is 5.02 Å². The van der Waals surface area contributed by atoms with Crippen molar-refractivity contribution in [3.8, 4) is 0 Å². The topological polar surface area (TPSA) is 32.3 Å². The van der Waals surface area contributed by atoms with Gasteiger partial charge in [-0.15, -0.1) is 0 Å². The van der Waals surface area contributed by atoms with Crippen molar-refractivity contribution >= 4 is 17.5 Å². The van der Waals surface area contributed by atoms with Gasteiger partial charge in [0.2, 0.25) is 5.91 Å². The van der Waals surface area contributed by atoms with E-state index < -0.39 is 0 Å². The first kappa shape index (κ1) is 14.4. The zero-order chi connectivity index (χ0) is 13.8. The molecule has 1 amide bonds. The molecule has 1 N–H and O–H groups in total. The molecule has 3 nitrogen and oxygen atoms in total. The summed E-state index contributed by atoms with van der Waals surface area (Å²) in [6, 6.07) is 8.33. The van der Waals surface area contributed by atoms with Crippen LogP contribution in [0.3, 0.4) is 0 Å². The summed E-state index contributed by atoms with van der Waals surface area (Å²) in [5.41, 5.74) is 1.15. The third-order valence-electron chi connectivity index (χ3n) is 3.59. The van der Waals surface area contributed by atoms with Gasteiger partial charge < -0.3 is 10.2 Å². The molecule has 1 unspecified atom stereocenters. The summed E-state index contributed by atoms with van der Waals surface area (Å²) < 4.78 is 0. The number of hydrogen-bond donors (Lipinski definition) is 1. The summed E-state index contributed by atoms with van der Waals surface area (Å²) in [6.07, 6.45) is 2.82. The number of hydrogen-bond acceptors (Lipinski definition) is 2. The SMILES string of the molecule is CNCCC(=O)N(C1CC1)C(C)c1ccc(Cl)cc1. The zero-order valence-electron chi connectivity index (χ0n) is 11.5. The van der Waals surface area contributed by atoms with E-state index in [-0.39, 0.29) is 11.9 Å². The Morgan fingerprint density at radius 3 is 2.58 bits per heavy atom. The van der Waals surface area contributed by atoms with Gasteiger partial charge in [-0.05, 0) is 44.5 Å². The monoisotopic (exact) mass is 280 g/mol. The molecule has 1 atom stereocenters. The second kappa shape index (κ2) is 6.40. The largest absolute Gasteiger partial charge is 0.333 e. The second-order valence-corrected chi connectivity index (χ2v) is 5.55.